The number of rotatable bonds is 6. The Labute approximate surface area is 170 Å². The topological polar surface area (TPSA) is 65.5 Å². The van der Waals surface area contributed by atoms with E-state index in [0.29, 0.717) is 19.1 Å². The molecule has 2 saturated carbocycles. The summed E-state index contributed by atoms with van der Waals surface area (Å²) in [5.41, 5.74) is 0. The fraction of sp³-hybridized carbons (Fsp3) is 0.895. The lowest BCUT2D eigenvalue weighted by atomic mass is 9.87. The van der Waals surface area contributed by atoms with Gasteiger partial charge in [-0.1, -0.05) is 26.2 Å². The Morgan fingerprint density at radius 2 is 1.68 bits per heavy atom. The molecule has 0 aromatic rings. The summed E-state index contributed by atoms with van der Waals surface area (Å²) in [6.07, 6.45) is 10.8. The van der Waals surface area contributed by atoms with Crippen LogP contribution in [0, 0.1) is 11.8 Å². The van der Waals surface area contributed by atoms with Gasteiger partial charge in [0.2, 0.25) is 5.91 Å². The van der Waals surface area contributed by atoms with Crippen molar-refractivity contribution in [1.29, 1.82) is 0 Å². The van der Waals surface area contributed by atoms with Crippen LogP contribution in [0.1, 0.15) is 71.6 Å². The van der Waals surface area contributed by atoms with Crippen LogP contribution in [0.15, 0.2) is 4.99 Å². The van der Waals surface area contributed by atoms with Crippen LogP contribution in [0.3, 0.4) is 0 Å². The van der Waals surface area contributed by atoms with E-state index < -0.39 is 0 Å². The quantitative estimate of drug-likeness (QED) is 0.244. The van der Waals surface area contributed by atoms with Crippen molar-refractivity contribution in [3.05, 3.63) is 0 Å². The van der Waals surface area contributed by atoms with Crippen molar-refractivity contribution in [3.8, 4) is 0 Å². The highest BCUT2D eigenvalue weighted by Gasteiger charge is 2.21. The fourth-order valence-corrected chi connectivity index (χ4v) is 3.77. The van der Waals surface area contributed by atoms with Gasteiger partial charge in [0.1, 0.15) is 0 Å². The van der Waals surface area contributed by atoms with Crippen molar-refractivity contribution in [2.75, 3.05) is 19.6 Å². The van der Waals surface area contributed by atoms with Crippen molar-refractivity contribution in [2.45, 2.75) is 77.7 Å². The lowest BCUT2D eigenvalue weighted by Crippen LogP contribution is -2.45. The zero-order valence-corrected chi connectivity index (χ0v) is 18.3. The zero-order valence-electron chi connectivity index (χ0n) is 16.0. The van der Waals surface area contributed by atoms with E-state index in [1.807, 2.05) is 0 Å². The molecule has 0 radical (unpaired) electrons. The van der Waals surface area contributed by atoms with Gasteiger partial charge < -0.3 is 16.0 Å². The first-order valence-corrected chi connectivity index (χ1v) is 10.0. The largest absolute Gasteiger partial charge is 0.357 e. The summed E-state index contributed by atoms with van der Waals surface area (Å²) in [7, 11) is 0. The molecule has 0 unspecified atom stereocenters. The maximum atomic E-state index is 12.1. The van der Waals surface area contributed by atoms with E-state index >= 15 is 0 Å². The average molecular weight is 464 g/mol. The van der Waals surface area contributed by atoms with Crippen LogP contribution in [-0.4, -0.2) is 37.5 Å². The van der Waals surface area contributed by atoms with Gasteiger partial charge in [0.05, 0.1) is 6.54 Å². The SMILES string of the molecule is CCNC(=NCCNC(=O)C1CCCCC1)NC1CCC(C)CC1.I. The maximum absolute atomic E-state index is 12.1. The number of aliphatic imine (C=N–C) groups is 1. The summed E-state index contributed by atoms with van der Waals surface area (Å²) in [5, 5.41) is 9.93. The molecule has 6 heteroatoms. The Hall–Kier alpha value is -0.530. The molecule has 0 saturated heterocycles. The Kier molecular flexibility index (Phi) is 11.5. The second-order valence-electron chi connectivity index (χ2n) is 7.49. The standard InChI is InChI=1S/C19H36N4O.HI/c1-3-20-19(23-17-11-9-15(2)10-12-17)22-14-13-21-18(24)16-7-5-4-6-8-16;/h15-17H,3-14H2,1-2H3,(H,21,24)(H2,20,22,23);1H. The molecule has 0 spiro atoms. The molecular weight excluding hydrogens is 427 g/mol. The number of carbonyl (C=O) groups is 1. The number of nitrogens with zero attached hydrogens (tertiary/aromatic N) is 1. The molecule has 5 nitrogen and oxygen atoms in total. The summed E-state index contributed by atoms with van der Waals surface area (Å²) >= 11 is 0. The molecule has 0 bridgehead atoms. The molecular formula is C19H37IN4O. The molecule has 25 heavy (non-hydrogen) atoms. The van der Waals surface area contributed by atoms with E-state index in [1.165, 1.54) is 44.9 Å². The first-order valence-electron chi connectivity index (χ1n) is 10.0. The maximum Gasteiger partial charge on any atom is 0.223 e. The molecule has 0 aromatic carbocycles. The summed E-state index contributed by atoms with van der Waals surface area (Å²) in [4.78, 5) is 16.7. The number of carbonyl (C=O) groups excluding carboxylic acids is 1. The van der Waals surface area contributed by atoms with Gasteiger partial charge in [-0.15, -0.1) is 24.0 Å². The first kappa shape index (κ1) is 22.5. The minimum atomic E-state index is 0. The normalized spacial score (nSPS) is 25.0. The highest BCUT2D eigenvalue weighted by atomic mass is 127. The number of guanidine groups is 1. The molecule has 0 aliphatic heterocycles. The zero-order chi connectivity index (χ0) is 17.2. The van der Waals surface area contributed by atoms with Crippen LogP contribution >= 0.6 is 24.0 Å². The van der Waals surface area contributed by atoms with Gasteiger partial charge in [0.15, 0.2) is 5.96 Å². The molecule has 3 N–H and O–H groups in total. The van der Waals surface area contributed by atoms with E-state index in [9.17, 15) is 4.79 Å². The summed E-state index contributed by atoms with van der Waals surface area (Å²) in [6.45, 7) is 6.56. The van der Waals surface area contributed by atoms with Gasteiger partial charge in [-0.05, 0) is 51.4 Å². The predicted molar refractivity (Wildman–Crippen MR) is 116 cm³/mol. The molecule has 2 fully saturated rings. The molecule has 2 aliphatic rings. The van der Waals surface area contributed by atoms with Gasteiger partial charge in [-0.25, -0.2) is 0 Å². The van der Waals surface area contributed by atoms with Gasteiger partial charge in [0, 0.05) is 25.0 Å². The highest BCUT2D eigenvalue weighted by molar-refractivity contribution is 14.0. The van der Waals surface area contributed by atoms with E-state index in [4.69, 9.17) is 0 Å². The van der Waals surface area contributed by atoms with E-state index in [2.05, 4.69) is 34.8 Å². The van der Waals surface area contributed by atoms with Crippen molar-refractivity contribution in [2.24, 2.45) is 16.8 Å². The summed E-state index contributed by atoms with van der Waals surface area (Å²) in [5.74, 6) is 2.21. The Bertz CT molecular complexity index is 402. The van der Waals surface area contributed by atoms with Crippen LogP contribution in [0.2, 0.25) is 0 Å². The Morgan fingerprint density at radius 3 is 2.32 bits per heavy atom. The van der Waals surface area contributed by atoms with Crippen molar-refractivity contribution in [3.63, 3.8) is 0 Å². The van der Waals surface area contributed by atoms with Crippen LogP contribution in [-0.2, 0) is 4.79 Å². The van der Waals surface area contributed by atoms with Gasteiger partial charge in [-0.2, -0.15) is 0 Å². The van der Waals surface area contributed by atoms with Crippen molar-refractivity contribution in [1.82, 2.24) is 16.0 Å². The minimum absolute atomic E-state index is 0. The second kappa shape index (κ2) is 12.8. The minimum Gasteiger partial charge on any atom is -0.357 e. The van der Waals surface area contributed by atoms with E-state index in [1.54, 1.807) is 0 Å². The molecule has 2 aliphatic carbocycles. The van der Waals surface area contributed by atoms with Crippen LogP contribution in [0.4, 0.5) is 0 Å². The molecule has 1 amide bonds. The van der Waals surface area contributed by atoms with Crippen LogP contribution in [0.5, 0.6) is 0 Å². The van der Waals surface area contributed by atoms with Crippen LogP contribution in [0.25, 0.3) is 0 Å². The molecule has 0 atom stereocenters. The highest BCUT2D eigenvalue weighted by Crippen LogP contribution is 2.24. The lowest BCUT2D eigenvalue weighted by molar-refractivity contribution is -0.125. The molecule has 0 heterocycles. The van der Waals surface area contributed by atoms with Gasteiger partial charge >= 0.3 is 0 Å². The number of hydrogen-bond acceptors (Lipinski definition) is 2. The Balaban J connectivity index is 0.00000312. The van der Waals surface area contributed by atoms with E-state index in [-0.39, 0.29) is 35.8 Å². The van der Waals surface area contributed by atoms with E-state index in [0.717, 1.165) is 31.3 Å². The number of nitrogens with one attached hydrogen (secondary N) is 3. The fourth-order valence-electron chi connectivity index (χ4n) is 3.77. The van der Waals surface area contributed by atoms with Crippen LogP contribution < -0.4 is 16.0 Å². The van der Waals surface area contributed by atoms with Crippen molar-refractivity contribution < 1.29 is 4.79 Å². The summed E-state index contributed by atoms with van der Waals surface area (Å²) < 4.78 is 0. The predicted octanol–water partition coefficient (Wildman–Crippen LogP) is 3.43. The van der Waals surface area contributed by atoms with Gasteiger partial charge in [-0.3, -0.25) is 9.79 Å². The third-order valence-electron chi connectivity index (χ3n) is 5.36. The third kappa shape index (κ3) is 8.60. The lowest BCUT2D eigenvalue weighted by Gasteiger charge is -2.28. The number of amides is 1. The number of halogens is 1. The first-order chi connectivity index (χ1) is 11.7. The second-order valence-corrected chi connectivity index (χ2v) is 7.49. The Morgan fingerprint density at radius 1 is 1.00 bits per heavy atom. The smallest absolute Gasteiger partial charge is 0.223 e. The monoisotopic (exact) mass is 464 g/mol. The number of hydrogen-bond donors (Lipinski definition) is 3. The molecule has 0 aromatic heterocycles. The molecule has 146 valence electrons. The van der Waals surface area contributed by atoms with Crippen molar-refractivity contribution >= 4 is 35.8 Å². The average Bonchev–Trinajstić information content (AvgIpc) is 2.61. The third-order valence-corrected chi connectivity index (χ3v) is 5.36. The molecule has 2 rings (SSSR count). The van der Waals surface area contributed by atoms with Gasteiger partial charge in [0.25, 0.3) is 0 Å². The summed E-state index contributed by atoms with van der Waals surface area (Å²) in [6, 6.07) is 0.538.